The van der Waals surface area contributed by atoms with E-state index in [1.807, 2.05) is 21.5 Å². The summed E-state index contributed by atoms with van der Waals surface area (Å²) in [5.74, 6) is 3.49. The van der Waals surface area contributed by atoms with Gasteiger partial charge in [-0.1, -0.05) is 0 Å². The van der Waals surface area contributed by atoms with Crippen molar-refractivity contribution in [3.63, 3.8) is 0 Å². The lowest BCUT2D eigenvalue weighted by Crippen LogP contribution is -2.06. The Kier molecular flexibility index (Phi) is 4.78. The second-order valence-corrected chi connectivity index (χ2v) is 8.19. The van der Waals surface area contributed by atoms with Gasteiger partial charge in [0.15, 0.2) is 11.6 Å². The normalized spacial score (nSPS) is 13.9. The number of fused-ring (bicyclic) bond motifs is 1. The summed E-state index contributed by atoms with van der Waals surface area (Å²) < 4.78 is 3.88. The molecule has 0 aromatic carbocycles. The number of aliphatic hydroxyl groups excluding tert-OH is 1. The van der Waals surface area contributed by atoms with Crippen LogP contribution in [0.5, 0.6) is 0 Å². The zero-order valence-electron chi connectivity index (χ0n) is 17.5. The van der Waals surface area contributed by atoms with Crippen molar-refractivity contribution in [2.75, 3.05) is 11.1 Å². The van der Waals surface area contributed by atoms with Crippen LogP contribution in [0.15, 0.2) is 30.7 Å². The molecule has 1 saturated carbocycles. The van der Waals surface area contributed by atoms with Crippen molar-refractivity contribution in [3.8, 4) is 11.4 Å². The number of nitrogens with zero attached hydrogens (tertiary/aromatic N) is 7. The summed E-state index contributed by atoms with van der Waals surface area (Å²) in [5, 5.41) is 17.3. The largest absolute Gasteiger partial charge is 0.388 e. The third kappa shape index (κ3) is 3.81. The summed E-state index contributed by atoms with van der Waals surface area (Å²) in [6, 6.07) is 3.84. The zero-order valence-corrected chi connectivity index (χ0v) is 17.5. The Morgan fingerprint density at radius 3 is 2.81 bits per heavy atom. The maximum absolute atomic E-state index is 9.63. The van der Waals surface area contributed by atoms with Crippen molar-refractivity contribution in [2.24, 2.45) is 5.92 Å². The van der Waals surface area contributed by atoms with E-state index in [1.54, 1.807) is 18.5 Å². The number of hydrogen-bond donors (Lipinski definition) is 3. The lowest BCUT2D eigenvalue weighted by Gasteiger charge is -2.12. The van der Waals surface area contributed by atoms with Gasteiger partial charge in [-0.15, -0.1) is 0 Å². The highest BCUT2D eigenvalue weighted by Gasteiger charge is 2.23. The molecule has 10 nitrogen and oxygen atoms in total. The summed E-state index contributed by atoms with van der Waals surface area (Å²) in [4.78, 5) is 17.9. The third-order valence-corrected chi connectivity index (χ3v) is 5.39. The van der Waals surface area contributed by atoms with Gasteiger partial charge in [0.1, 0.15) is 29.6 Å². The van der Waals surface area contributed by atoms with Crippen molar-refractivity contribution in [1.82, 2.24) is 34.3 Å². The highest BCUT2D eigenvalue weighted by atomic mass is 16.3. The molecule has 4 aromatic rings. The highest BCUT2D eigenvalue weighted by molar-refractivity contribution is 5.79. The Labute approximate surface area is 179 Å². The van der Waals surface area contributed by atoms with E-state index in [0.29, 0.717) is 35.0 Å². The number of pyridine rings is 1. The van der Waals surface area contributed by atoms with Gasteiger partial charge in [0, 0.05) is 31.0 Å². The molecular formula is C21H25N9O. The quantitative estimate of drug-likeness (QED) is 0.416. The lowest BCUT2D eigenvalue weighted by atomic mass is 10.3. The zero-order chi connectivity index (χ0) is 21.5. The maximum atomic E-state index is 9.63. The third-order valence-electron chi connectivity index (χ3n) is 5.39. The van der Waals surface area contributed by atoms with E-state index in [2.05, 4.69) is 44.2 Å². The van der Waals surface area contributed by atoms with Crippen LogP contribution in [0.1, 0.15) is 38.6 Å². The molecule has 0 aliphatic heterocycles. The van der Waals surface area contributed by atoms with E-state index in [9.17, 15) is 5.11 Å². The minimum atomic E-state index is -0.124. The minimum absolute atomic E-state index is 0.124. The Morgan fingerprint density at radius 1 is 1.23 bits per heavy atom. The summed E-state index contributed by atoms with van der Waals surface area (Å²) in [7, 11) is 0. The highest BCUT2D eigenvalue weighted by Crippen LogP contribution is 2.32. The molecule has 0 amide bonds. The predicted octanol–water partition coefficient (Wildman–Crippen LogP) is 2.89. The number of anilines is 3. The monoisotopic (exact) mass is 419 g/mol. The molecule has 4 heterocycles. The van der Waals surface area contributed by atoms with Crippen LogP contribution in [0.2, 0.25) is 0 Å². The Bertz CT molecular complexity index is 1240. The average Bonchev–Trinajstić information content (AvgIpc) is 3.36. The number of hydrogen-bond acceptors (Lipinski definition) is 8. The van der Waals surface area contributed by atoms with Gasteiger partial charge in [-0.05, 0) is 38.7 Å². The van der Waals surface area contributed by atoms with Crippen LogP contribution in [0.4, 0.5) is 17.5 Å². The number of nitrogens with two attached hydrogens (primary N) is 1. The molecule has 0 unspecified atom stereocenters. The second-order valence-electron chi connectivity index (χ2n) is 8.19. The summed E-state index contributed by atoms with van der Waals surface area (Å²) in [5.41, 5.74) is 8.48. The van der Waals surface area contributed by atoms with Gasteiger partial charge in [0.05, 0.1) is 17.3 Å². The topological polar surface area (TPSA) is 133 Å². The number of aliphatic hydroxyl groups is 1. The number of rotatable bonds is 7. The molecule has 0 spiro atoms. The molecule has 1 aliphatic carbocycles. The van der Waals surface area contributed by atoms with E-state index in [1.165, 1.54) is 12.8 Å². The van der Waals surface area contributed by atoms with Crippen LogP contribution in [0.25, 0.3) is 22.4 Å². The van der Waals surface area contributed by atoms with Crippen molar-refractivity contribution in [2.45, 2.75) is 45.9 Å². The first-order valence-electron chi connectivity index (χ1n) is 10.4. The molecular weight excluding hydrogens is 394 g/mol. The van der Waals surface area contributed by atoms with E-state index in [-0.39, 0.29) is 12.6 Å². The van der Waals surface area contributed by atoms with E-state index >= 15 is 0 Å². The molecule has 160 valence electrons. The van der Waals surface area contributed by atoms with Gasteiger partial charge in [0.2, 0.25) is 0 Å². The molecule has 1 aliphatic rings. The molecule has 0 bridgehead atoms. The Balaban J connectivity index is 1.44. The van der Waals surface area contributed by atoms with E-state index < -0.39 is 0 Å². The van der Waals surface area contributed by atoms with Gasteiger partial charge < -0.3 is 20.7 Å². The van der Waals surface area contributed by atoms with Crippen LogP contribution < -0.4 is 11.1 Å². The molecule has 10 heteroatoms. The van der Waals surface area contributed by atoms with E-state index in [0.717, 1.165) is 23.1 Å². The van der Waals surface area contributed by atoms with Crippen LogP contribution in [0.3, 0.4) is 0 Å². The minimum Gasteiger partial charge on any atom is -0.388 e. The number of imidazole rings is 1. The predicted molar refractivity (Wildman–Crippen MR) is 118 cm³/mol. The lowest BCUT2D eigenvalue weighted by molar-refractivity contribution is 0.263. The Hall–Kier alpha value is -3.53. The maximum Gasteiger partial charge on any atom is 0.166 e. The van der Waals surface area contributed by atoms with Crippen LogP contribution in [0, 0.1) is 5.92 Å². The SMILES string of the molecule is CC(C)n1c(CO)nc2cnc(Nc3ccnc(-c4cn(CC5CC5)nc4N)n3)cc21. The fraction of sp³-hybridized carbons (Fsp3) is 0.381. The second kappa shape index (κ2) is 7.62. The molecule has 5 rings (SSSR count). The van der Waals surface area contributed by atoms with Crippen LogP contribution in [-0.2, 0) is 13.2 Å². The van der Waals surface area contributed by atoms with Gasteiger partial charge in [-0.25, -0.2) is 19.9 Å². The first kappa shape index (κ1) is 19.4. The smallest absolute Gasteiger partial charge is 0.166 e. The molecule has 1 fully saturated rings. The summed E-state index contributed by atoms with van der Waals surface area (Å²) in [6.45, 7) is 4.86. The van der Waals surface area contributed by atoms with Crippen molar-refractivity contribution < 1.29 is 5.11 Å². The van der Waals surface area contributed by atoms with Crippen molar-refractivity contribution in [1.29, 1.82) is 0 Å². The summed E-state index contributed by atoms with van der Waals surface area (Å²) >= 11 is 0. The Morgan fingerprint density at radius 2 is 2.06 bits per heavy atom. The number of aromatic nitrogens is 7. The van der Waals surface area contributed by atoms with Gasteiger partial charge in [-0.3, -0.25) is 4.68 Å². The van der Waals surface area contributed by atoms with Gasteiger partial charge >= 0.3 is 0 Å². The van der Waals surface area contributed by atoms with Crippen molar-refractivity contribution in [3.05, 3.63) is 36.5 Å². The molecule has 0 saturated heterocycles. The molecule has 4 aromatic heterocycles. The average molecular weight is 419 g/mol. The number of nitrogens with one attached hydrogen (secondary N) is 1. The van der Waals surface area contributed by atoms with Crippen molar-refractivity contribution >= 4 is 28.5 Å². The molecule has 0 atom stereocenters. The number of nitrogen functional groups attached to an aromatic ring is 1. The molecule has 0 radical (unpaired) electrons. The van der Waals surface area contributed by atoms with E-state index in [4.69, 9.17) is 5.73 Å². The fourth-order valence-corrected chi connectivity index (χ4v) is 3.76. The van der Waals surface area contributed by atoms with Gasteiger partial charge in [0.25, 0.3) is 0 Å². The standard InChI is InChI=1S/C21H25N9O/c1-12(2)30-16-7-18(24-8-15(16)25-19(30)11-31)26-17-5-6-23-21(27-17)14-10-29(28-20(14)22)9-13-3-4-13/h5-8,10,12-13,31H,3-4,9,11H2,1-2H3,(H2,22,28)(H,23,24,26,27). The molecule has 31 heavy (non-hydrogen) atoms. The molecule has 4 N–H and O–H groups in total. The fourth-order valence-electron chi connectivity index (χ4n) is 3.76. The summed E-state index contributed by atoms with van der Waals surface area (Å²) in [6.07, 6.45) is 7.78. The van der Waals surface area contributed by atoms with Crippen LogP contribution >= 0.6 is 0 Å². The van der Waals surface area contributed by atoms with Gasteiger partial charge in [-0.2, -0.15) is 5.10 Å². The first-order valence-corrected chi connectivity index (χ1v) is 10.4. The first-order chi connectivity index (χ1) is 15.0. The van der Waals surface area contributed by atoms with Crippen LogP contribution in [-0.4, -0.2) is 39.4 Å².